The van der Waals surface area contributed by atoms with Crippen LogP contribution in [0.25, 0.3) is 0 Å². The molecule has 3 rings (SSSR count). The lowest BCUT2D eigenvalue weighted by Crippen LogP contribution is -2.48. The number of nitrogens with zero attached hydrogens (tertiary/aromatic N) is 3. The van der Waals surface area contributed by atoms with Gasteiger partial charge >= 0.3 is 0 Å². The van der Waals surface area contributed by atoms with Crippen LogP contribution in [0.15, 0.2) is 22.0 Å². The van der Waals surface area contributed by atoms with Gasteiger partial charge in [-0.3, -0.25) is 14.8 Å². The highest BCUT2D eigenvalue weighted by Gasteiger charge is 2.24. The van der Waals surface area contributed by atoms with Crippen LogP contribution in [0.3, 0.4) is 0 Å². The summed E-state index contributed by atoms with van der Waals surface area (Å²) in [5.74, 6) is 0.592. The number of H-pyrrole nitrogens is 1. The van der Waals surface area contributed by atoms with Crippen LogP contribution < -0.4 is 0 Å². The molecule has 0 radical (unpaired) electrons. The van der Waals surface area contributed by atoms with Crippen LogP contribution in [0.5, 0.6) is 0 Å². The van der Waals surface area contributed by atoms with E-state index in [0.717, 1.165) is 44.8 Å². The van der Waals surface area contributed by atoms with Crippen LogP contribution in [0.1, 0.15) is 34.9 Å². The molecule has 0 aromatic carbocycles. The van der Waals surface area contributed by atoms with Gasteiger partial charge in [0.2, 0.25) is 0 Å². The fraction of sp³-hybridized carbons (Fsp3) is 0.529. The molecule has 130 valence electrons. The predicted molar refractivity (Wildman–Crippen MR) is 100 cm³/mol. The Morgan fingerprint density at radius 2 is 2.08 bits per heavy atom. The molecule has 5 nitrogen and oxygen atoms in total. The highest BCUT2D eigenvalue weighted by atomic mass is 79.9. The van der Waals surface area contributed by atoms with E-state index in [1.807, 2.05) is 11.0 Å². The molecule has 3 heterocycles. The molecule has 1 N–H and O–H groups in total. The summed E-state index contributed by atoms with van der Waals surface area (Å²) < 4.78 is 1.17. The summed E-state index contributed by atoms with van der Waals surface area (Å²) in [6.45, 7) is 8.62. The number of hydrogen-bond acceptors (Lipinski definition) is 4. The number of hydrogen-bond donors (Lipinski definition) is 1. The van der Waals surface area contributed by atoms with Gasteiger partial charge < -0.3 is 4.90 Å². The second-order valence-electron chi connectivity index (χ2n) is 6.65. The Morgan fingerprint density at radius 1 is 1.33 bits per heavy atom. The van der Waals surface area contributed by atoms with Gasteiger partial charge in [0.15, 0.2) is 0 Å². The van der Waals surface area contributed by atoms with E-state index in [1.54, 1.807) is 11.3 Å². The maximum Gasteiger partial charge on any atom is 0.274 e. The molecule has 0 saturated carbocycles. The number of rotatable bonds is 5. The lowest BCUT2D eigenvalue weighted by molar-refractivity contribution is 0.0624. The Labute approximate surface area is 155 Å². The van der Waals surface area contributed by atoms with Gasteiger partial charge in [-0.1, -0.05) is 13.8 Å². The minimum Gasteiger partial charge on any atom is -0.335 e. The van der Waals surface area contributed by atoms with Crippen LogP contribution in [0, 0.1) is 5.92 Å². The third-order valence-electron chi connectivity index (χ3n) is 4.15. The van der Waals surface area contributed by atoms with Crippen molar-refractivity contribution in [3.63, 3.8) is 0 Å². The van der Waals surface area contributed by atoms with Crippen LogP contribution in [0.4, 0.5) is 0 Å². The van der Waals surface area contributed by atoms with Crippen LogP contribution >= 0.6 is 27.3 Å². The van der Waals surface area contributed by atoms with Gasteiger partial charge in [-0.05, 0) is 46.5 Å². The fourth-order valence-electron chi connectivity index (χ4n) is 2.94. The molecule has 0 bridgehead atoms. The average molecular weight is 411 g/mol. The standard InChI is InChI=1S/C17H23BrN4OS/c1-12(2)9-13-10-15(20-19-13)17(23)22-7-5-21(6-8-22)11-14-3-4-16(18)24-14/h3-4,10,12H,5-9,11H2,1-2H3,(H,19,20). The third kappa shape index (κ3) is 4.46. The smallest absolute Gasteiger partial charge is 0.274 e. The van der Waals surface area contributed by atoms with E-state index in [4.69, 9.17) is 0 Å². The van der Waals surface area contributed by atoms with E-state index in [0.29, 0.717) is 11.6 Å². The van der Waals surface area contributed by atoms with E-state index in [-0.39, 0.29) is 5.91 Å². The summed E-state index contributed by atoms with van der Waals surface area (Å²) in [5.41, 5.74) is 1.58. The number of aromatic nitrogens is 2. The number of piperazine rings is 1. The monoisotopic (exact) mass is 410 g/mol. The van der Waals surface area contributed by atoms with Crippen molar-refractivity contribution in [3.8, 4) is 0 Å². The molecule has 24 heavy (non-hydrogen) atoms. The first-order valence-electron chi connectivity index (χ1n) is 8.31. The Balaban J connectivity index is 1.52. The largest absolute Gasteiger partial charge is 0.335 e. The number of carbonyl (C=O) groups is 1. The van der Waals surface area contributed by atoms with Gasteiger partial charge in [-0.15, -0.1) is 11.3 Å². The SMILES string of the molecule is CC(C)Cc1cc(C(=O)N2CCN(Cc3ccc(Br)s3)CC2)n[nH]1. The van der Waals surface area contributed by atoms with E-state index in [9.17, 15) is 4.79 Å². The summed E-state index contributed by atoms with van der Waals surface area (Å²) in [5, 5.41) is 7.19. The molecule has 0 unspecified atom stereocenters. The van der Waals surface area contributed by atoms with Crippen molar-refractivity contribution in [2.75, 3.05) is 26.2 Å². The van der Waals surface area contributed by atoms with E-state index < -0.39 is 0 Å². The molecular formula is C17H23BrN4OS. The highest BCUT2D eigenvalue weighted by Crippen LogP contribution is 2.23. The summed E-state index contributed by atoms with van der Waals surface area (Å²) in [6, 6.07) is 6.15. The molecule has 2 aromatic rings. The Bertz CT molecular complexity index is 688. The molecule has 1 aliphatic rings. The lowest BCUT2D eigenvalue weighted by Gasteiger charge is -2.34. The topological polar surface area (TPSA) is 52.2 Å². The van der Waals surface area contributed by atoms with E-state index in [1.165, 1.54) is 8.66 Å². The summed E-state index contributed by atoms with van der Waals surface area (Å²) >= 11 is 5.28. The van der Waals surface area contributed by atoms with Gasteiger partial charge in [0, 0.05) is 43.3 Å². The molecule has 1 aliphatic heterocycles. The number of aromatic amines is 1. The first-order chi connectivity index (χ1) is 11.5. The molecule has 0 spiro atoms. The second-order valence-corrected chi connectivity index (χ2v) is 9.20. The van der Waals surface area contributed by atoms with E-state index >= 15 is 0 Å². The summed E-state index contributed by atoms with van der Waals surface area (Å²) in [7, 11) is 0. The maximum atomic E-state index is 12.6. The summed E-state index contributed by atoms with van der Waals surface area (Å²) in [6.07, 6.45) is 0.921. The number of halogens is 1. The van der Waals surface area contributed by atoms with Crippen LogP contribution in [0.2, 0.25) is 0 Å². The minimum absolute atomic E-state index is 0.0415. The minimum atomic E-state index is 0.0415. The van der Waals surface area contributed by atoms with Crippen molar-refractivity contribution in [1.29, 1.82) is 0 Å². The van der Waals surface area contributed by atoms with Crippen molar-refractivity contribution >= 4 is 33.2 Å². The van der Waals surface area contributed by atoms with Gasteiger partial charge in [-0.25, -0.2) is 0 Å². The van der Waals surface area contributed by atoms with Crippen molar-refractivity contribution < 1.29 is 4.79 Å². The van der Waals surface area contributed by atoms with Crippen molar-refractivity contribution in [2.45, 2.75) is 26.8 Å². The fourth-order valence-corrected chi connectivity index (χ4v) is 4.47. The van der Waals surface area contributed by atoms with Gasteiger partial charge in [0.05, 0.1) is 3.79 Å². The number of carbonyl (C=O) groups excluding carboxylic acids is 1. The Hall–Kier alpha value is -1.18. The second kappa shape index (κ2) is 7.80. The van der Waals surface area contributed by atoms with Crippen molar-refractivity contribution in [3.05, 3.63) is 38.3 Å². The number of amides is 1. The summed E-state index contributed by atoms with van der Waals surface area (Å²) in [4.78, 5) is 18.3. The van der Waals surface area contributed by atoms with Gasteiger partial charge in [-0.2, -0.15) is 5.10 Å². The number of nitrogens with one attached hydrogen (secondary N) is 1. The maximum absolute atomic E-state index is 12.6. The molecule has 2 aromatic heterocycles. The Kier molecular flexibility index (Phi) is 5.73. The molecule has 7 heteroatoms. The zero-order valence-corrected chi connectivity index (χ0v) is 16.5. The van der Waals surface area contributed by atoms with Gasteiger partial charge in [0.1, 0.15) is 5.69 Å². The molecule has 0 atom stereocenters. The van der Waals surface area contributed by atoms with Crippen LogP contribution in [-0.4, -0.2) is 52.1 Å². The number of thiophene rings is 1. The first-order valence-corrected chi connectivity index (χ1v) is 9.92. The van der Waals surface area contributed by atoms with Gasteiger partial charge in [0.25, 0.3) is 5.91 Å². The lowest BCUT2D eigenvalue weighted by atomic mass is 10.1. The van der Waals surface area contributed by atoms with Crippen molar-refractivity contribution in [2.24, 2.45) is 5.92 Å². The zero-order valence-electron chi connectivity index (χ0n) is 14.1. The molecular weight excluding hydrogens is 388 g/mol. The van der Waals surface area contributed by atoms with E-state index in [2.05, 4.69) is 57.0 Å². The quantitative estimate of drug-likeness (QED) is 0.821. The van der Waals surface area contributed by atoms with Crippen molar-refractivity contribution in [1.82, 2.24) is 20.0 Å². The van der Waals surface area contributed by atoms with Crippen LogP contribution in [-0.2, 0) is 13.0 Å². The zero-order chi connectivity index (χ0) is 17.1. The molecule has 1 amide bonds. The predicted octanol–water partition coefficient (Wildman–Crippen LogP) is 3.39. The first kappa shape index (κ1) is 17.6. The molecule has 1 saturated heterocycles. The molecule has 1 fully saturated rings. The average Bonchev–Trinajstić information content (AvgIpc) is 3.16. The highest BCUT2D eigenvalue weighted by molar-refractivity contribution is 9.11. The normalized spacial score (nSPS) is 16.1. The Morgan fingerprint density at radius 3 is 2.71 bits per heavy atom. The third-order valence-corrected chi connectivity index (χ3v) is 5.75. The molecule has 0 aliphatic carbocycles.